The van der Waals surface area contributed by atoms with Crippen molar-refractivity contribution < 1.29 is 8.42 Å². The molecule has 1 rings (SSSR count). The van der Waals surface area contributed by atoms with Crippen LogP contribution in [0.3, 0.4) is 0 Å². The molecule has 0 aliphatic carbocycles. The summed E-state index contributed by atoms with van der Waals surface area (Å²) in [4.78, 5) is 0. The lowest BCUT2D eigenvalue weighted by Gasteiger charge is -2.21. The summed E-state index contributed by atoms with van der Waals surface area (Å²) in [6, 6.07) is 0.396. The minimum absolute atomic E-state index is 0.342. The Morgan fingerprint density at radius 2 is 1.65 bits per heavy atom. The summed E-state index contributed by atoms with van der Waals surface area (Å²) in [5.74, 6) is 1.14. The lowest BCUT2D eigenvalue weighted by molar-refractivity contribution is 0.369. The molecule has 1 N–H and O–H groups in total. The Labute approximate surface area is 125 Å². The van der Waals surface area contributed by atoms with Crippen LogP contribution in [0.5, 0.6) is 0 Å². The highest BCUT2D eigenvalue weighted by Crippen LogP contribution is 2.24. The molecule has 0 aromatic rings. The smallest absolute Gasteiger partial charge is 0.150 e. The lowest BCUT2D eigenvalue weighted by Crippen LogP contribution is -2.34. The van der Waals surface area contributed by atoms with Crippen LogP contribution in [-0.4, -0.2) is 33.0 Å². The molecule has 3 nitrogen and oxygen atoms in total. The van der Waals surface area contributed by atoms with Crippen LogP contribution in [0, 0.1) is 5.92 Å². The van der Waals surface area contributed by atoms with Gasteiger partial charge in [-0.2, -0.15) is 0 Å². The predicted octanol–water partition coefficient (Wildman–Crippen LogP) is 3.54. The van der Waals surface area contributed by atoms with Gasteiger partial charge in [0.25, 0.3) is 0 Å². The van der Waals surface area contributed by atoms with Gasteiger partial charge in [-0.25, -0.2) is 8.42 Å². The van der Waals surface area contributed by atoms with Crippen LogP contribution < -0.4 is 5.32 Å². The third-order valence-corrected chi connectivity index (χ3v) is 6.37. The number of nitrogens with one attached hydrogen (secondary N) is 1. The van der Waals surface area contributed by atoms with Crippen LogP contribution in [0.15, 0.2) is 0 Å². The van der Waals surface area contributed by atoms with E-state index in [0.717, 1.165) is 12.8 Å². The molecule has 1 saturated heterocycles. The van der Waals surface area contributed by atoms with Gasteiger partial charge >= 0.3 is 0 Å². The first-order valence-corrected chi connectivity index (χ1v) is 10.3. The number of sulfone groups is 1. The molecule has 1 fully saturated rings. The van der Waals surface area contributed by atoms with Crippen LogP contribution in [0.25, 0.3) is 0 Å². The zero-order valence-corrected chi connectivity index (χ0v) is 14.2. The van der Waals surface area contributed by atoms with Crippen molar-refractivity contribution in [3.05, 3.63) is 0 Å². The van der Waals surface area contributed by atoms with Crippen LogP contribution in [0.2, 0.25) is 0 Å². The number of rotatable bonds is 11. The van der Waals surface area contributed by atoms with E-state index < -0.39 is 9.84 Å². The molecule has 0 saturated carbocycles. The Hall–Kier alpha value is -0.0900. The molecule has 0 amide bonds. The Balaban J connectivity index is 2.07. The molecule has 0 spiro atoms. The number of unbranched alkanes of at least 4 members (excludes halogenated alkanes) is 7. The zero-order chi connectivity index (χ0) is 14.8. The largest absolute Gasteiger partial charge is 0.317 e. The summed E-state index contributed by atoms with van der Waals surface area (Å²) in [5, 5.41) is 3.34. The molecule has 1 aliphatic heterocycles. The van der Waals surface area contributed by atoms with Gasteiger partial charge in [0.2, 0.25) is 0 Å². The quantitative estimate of drug-likeness (QED) is 0.594. The molecule has 2 atom stereocenters. The lowest BCUT2D eigenvalue weighted by atomic mass is 9.94. The van der Waals surface area contributed by atoms with Crippen molar-refractivity contribution in [2.24, 2.45) is 5.92 Å². The van der Waals surface area contributed by atoms with Crippen molar-refractivity contribution in [1.82, 2.24) is 5.32 Å². The van der Waals surface area contributed by atoms with E-state index in [4.69, 9.17) is 0 Å². The van der Waals surface area contributed by atoms with Gasteiger partial charge in [0.1, 0.15) is 0 Å². The standard InChI is InChI=1S/C16H33NO2S/c1-3-4-5-6-7-8-9-10-11-16(17-2)15-12-13-20(18,19)14-15/h15-17H,3-14H2,1-2H3. The van der Waals surface area contributed by atoms with Gasteiger partial charge in [-0.15, -0.1) is 0 Å². The molecule has 0 aromatic heterocycles. The summed E-state index contributed by atoms with van der Waals surface area (Å²) in [7, 11) is -0.766. The molecular weight excluding hydrogens is 270 g/mol. The number of hydrogen-bond donors (Lipinski definition) is 1. The average Bonchev–Trinajstić information content (AvgIpc) is 2.77. The Bertz CT molecular complexity index is 340. The van der Waals surface area contributed by atoms with E-state index in [9.17, 15) is 8.42 Å². The van der Waals surface area contributed by atoms with E-state index >= 15 is 0 Å². The summed E-state index contributed by atoms with van der Waals surface area (Å²) in [6.45, 7) is 2.25. The van der Waals surface area contributed by atoms with Crippen LogP contribution >= 0.6 is 0 Å². The topological polar surface area (TPSA) is 46.2 Å². The third-order valence-electron chi connectivity index (χ3n) is 4.58. The average molecular weight is 304 g/mol. The number of hydrogen-bond acceptors (Lipinski definition) is 3. The Morgan fingerprint density at radius 3 is 2.15 bits per heavy atom. The predicted molar refractivity (Wildman–Crippen MR) is 86.8 cm³/mol. The van der Waals surface area contributed by atoms with E-state index in [1.54, 1.807) is 0 Å². The molecule has 4 heteroatoms. The van der Waals surface area contributed by atoms with E-state index in [2.05, 4.69) is 12.2 Å². The van der Waals surface area contributed by atoms with Gasteiger partial charge in [0, 0.05) is 6.04 Å². The highest BCUT2D eigenvalue weighted by atomic mass is 32.2. The van der Waals surface area contributed by atoms with Gasteiger partial charge in [0.15, 0.2) is 9.84 Å². The summed E-state index contributed by atoms with van der Waals surface area (Å²) in [5.41, 5.74) is 0. The van der Waals surface area contributed by atoms with Crippen LogP contribution in [0.4, 0.5) is 0 Å². The normalized spacial score (nSPS) is 23.0. The Morgan fingerprint density at radius 1 is 1.05 bits per heavy atom. The molecule has 20 heavy (non-hydrogen) atoms. The summed E-state index contributed by atoms with van der Waals surface area (Å²) >= 11 is 0. The molecule has 0 aromatic carbocycles. The van der Waals surface area contributed by atoms with E-state index in [1.165, 1.54) is 51.4 Å². The van der Waals surface area contributed by atoms with Crippen molar-refractivity contribution in [3.63, 3.8) is 0 Å². The third kappa shape index (κ3) is 7.07. The summed E-state index contributed by atoms with van der Waals surface area (Å²) < 4.78 is 23.1. The van der Waals surface area contributed by atoms with Crippen LogP contribution in [0.1, 0.15) is 71.1 Å². The molecular formula is C16H33NO2S. The van der Waals surface area contributed by atoms with Crippen LogP contribution in [-0.2, 0) is 9.84 Å². The maximum absolute atomic E-state index is 11.5. The van der Waals surface area contributed by atoms with Crippen molar-refractivity contribution in [2.75, 3.05) is 18.6 Å². The molecule has 0 bridgehead atoms. The first-order chi connectivity index (χ1) is 9.59. The molecule has 1 heterocycles. The van der Waals surface area contributed by atoms with E-state index in [1.807, 2.05) is 7.05 Å². The molecule has 1 aliphatic rings. The molecule has 0 radical (unpaired) electrons. The second-order valence-electron chi connectivity index (χ2n) is 6.32. The minimum Gasteiger partial charge on any atom is -0.317 e. The first-order valence-electron chi connectivity index (χ1n) is 8.46. The van der Waals surface area contributed by atoms with Gasteiger partial charge in [-0.1, -0.05) is 58.3 Å². The van der Waals surface area contributed by atoms with Gasteiger partial charge in [-0.05, 0) is 25.8 Å². The van der Waals surface area contributed by atoms with Crippen molar-refractivity contribution in [2.45, 2.75) is 77.2 Å². The minimum atomic E-state index is -2.74. The summed E-state index contributed by atoms with van der Waals surface area (Å²) in [6.07, 6.45) is 12.7. The molecule has 2 unspecified atom stereocenters. The van der Waals surface area contributed by atoms with Crippen molar-refractivity contribution >= 4 is 9.84 Å². The highest BCUT2D eigenvalue weighted by molar-refractivity contribution is 7.91. The first kappa shape index (κ1) is 18.0. The highest BCUT2D eigenvalue weighted by Gasteiger charge is 2.32. The maximum Gasteiger partial charge on any atom is 0.150 e. The maximum atomic E-state index is 11.5. The van der Waals surface area contributed by atoms with Gasteiger partial charge in [0.05, 0.1) is 11.5 Å². The van der Waals surface area contributed by atoms with Gasteiger partial charge < -0.3 is 5.32 Å². The van der Waals surface area contributed by atoms with E-state index in [0.29, 0.717) is 23.5 Å². The SMILES string of the molecule is CCCCCCCCCCC(NC)C1CCS(=O)(=O)C1. The van der Waals surface area contributed by atoms with Crippen molar-refractivity contribution in [3.8, 4) is 0 Å². The van der Waals surface area contributed by atoms with Gasteiger partial charge in [-0.3, -0.25) is 0 Å². The van der Waals surface area contributed by atoms with E-state index in [-0.39, 0.29) is 0 Å². The monoisotopic (exact) mass is 303 g/mol. The zero-order valence-electron chi connectivity index (χ0n) is 13.4. The Kier molecular flexibility index (Phi) is 8.78. The second kappa shape index (κ2) is 9.78. The fourth-order valence-electron chi connectivity index (χ4n) is 3.25. The van der Waals surface area contributed by atoms with Crippen molar-refractivity contribution in [1.29, 1.82) is 0 Å². The molecule has 120 valence electrons. The fraction of sp³-hybridized carbons (Fsp3) is 1.00. The fourth-order valence-corrected chi connectivity index (χ4v) is 5.13. The second-order valence-corrected chi connectivity index (χ2v) is 8.55.